The van der Waals surface area contributed by atoms with Crippen molar-refractivity contribution in [3.8, 4) is 11.5 Å². The van der Waals surface area contributed by atoms with Gasteiger partial charge in [-0.3, -0.25) is 14.2 Å². The molecule has 1 saturated carbocycles. The quantitative estimate of drug-likeness (QED) is 0.785. The summed E-state index contributed by atoms with van der Waals surface area (Å²) in [7, 11) is 0. The van der Waals surface area contributed by atoms with Gasteiger partial charge in [-0.05, 0) is 37.5 Å². The molecular weight excluding hydrogens is 354 g/mol. The lowest BCUT2D eigenvalue weighted by molar-refractivity contribution is -0.121. The molecule has 0 unspecified atom stereocenters. The second-order valence-corrected chi connectivity index (χ2v) is 7.18. The smallest absolute Gasteiger partial charge is 0.262 e. The number of aromatic nitrogens is 2. The number of aromatic amines is 1. The van der Waals surface area contributed by atoms with Gasteiger partial charge in [-0.25, -0.2) is 0 Å². The summed E-state index contributed by atoms with van der Waals surface area (Å²) in [5.41, 5.74) is 0.442. The lowest BCUT2D eigenvalue weighted by Crippen LogP contribution is -2.32. The maximum Gasteiger partial charge on any atom is 0.262 e. The molecule has 1 aliphatic heterocycles. The highest BCUT2D eigenvalue weighted by Gasteiger charge is 2.18. The van der Waals surface area contributed by atoms with Crippen LogP contribution in [0.4, 0.5) is 0 Å². The van der Waals surface area contributed by atoms with Gasteiger partial charge < -0.3 is 19.8 Å². The van der Waals surface area contributed by atoms with Crippen LogP contribution in [0.5, 0.6) is 11.5 Å². The molecule has 26 heavy (non-hydrogen) atoms. The van der Waals surface area contributed by atoms with E-state index < -0.39 is 0 Å². The minimum Gasteiger partial charge on any atom is -0.454 e. The van der Waals surface area contributed by atoms with Gasteiger partial charge in [0.15, 0.2) is 16.3 Å². The average molecular weight is 375 g/mol. The van der Waals surface area contributed by atoms with Gasteiger partial charge in [-0.1, -0.05) is 12.8 Å². The number of rotatable bonds is 5. The second-order valence-electron chi connectivity index (χ2n) is 6.79. The fraction of sp³-hybridized carbons (Fsp3) is 0.500. The van der Waals surface area contributed by atoms with Crippen LogP contribution in [0.15, 0.2) is 16.9 Å². The molecule has 0 bridgehead atoms. The van der Waals surface area contributed by atoms with Gasteiger partial charge in [0.2, 0.25) is 12.7 Å². The van der Waals surface area contributed by atoms with E-state index >= 15 is 0 Å². The van der Waals surface area contributed by atoms with Gasteiger partial charge in [-0.2, -0.15) is 0 Å². The van der Waals surface area contributed by atoms with Crippen molar-refractivity contribution in [3.63, 3.8) is 0 Å². The fourth-order valence-corrected chi connectivity index (χ4v) is 3.90. The van der Waals surface area contributed by atoms with Crippen LogP contribution in [0.3, 0.4) is 0 Å². The van der Waals surface area contributed by atoms with E-state index in [4.69, 9.17) is 21.7 Å². The van der Waals surface area contributed by atoms with Crippen LogP contribution >= 0.6 is 12.2 Å². The molecular formula is C18H21N3O4S. The number of fused-ring (bicyclic) bond motifs is 2. The van der Waals surface area contributed by atoms with Crippen molar-refractivity contribution in [3.05, 3.63) is 27.3 Å². The van der Waals surface area contributed by atoms with Gasteiger partial charge in [0.1, 0.15) is 0 Å². The van der Waals surface area contributed by atoms with Gasteiger partial charge in [0.25, 0.3) is 5.56 Å². The van der Waals surface area contributed by atoms with E-state index in [1.165, 1.54) is 17.4 Å². The topological polar surface area (TPSA) is 85.4 Å². The Kier molecular flexibility index (Phi) is 4.67. The standard InChI is InChI=1S/C18H21N3O4S/c22-16(19-11-4-1-2-5-11)6-3-7-21-17(23)12-8-14-15(25-10-24-14)9-13(12)20-18(21)26/h8-9,11H,1-7,10H2,(H,19,22)(H,20,26). The highest BCUT2D eigenvalue weighted by molar-refractivity contribution is 7.71. The minimum atomic E-state index is -0.182. The number of benzene rings is 1. The number of nitrogens with one attached hydrogen (secondary N) is 2. The van der Waals surface area contributed by atoms with Gasteiger partial charge in [0.05, 0.1) is 10.9 Å². The van der Waals surface area contributed by atoms with E-state index in [0.717, 1.165) is 12.8 Å². The molecule has 0 spiro atoms. The molecule has 138 valence electrons. The molecule has 1 amide bonds. The Morgan fingerprint density at radius 2 is 2.00 bits per heavy atom. The maximum atomic E-state index is 12.8. The average Bonchev–Trinajstić information content (AvgIpc) is 3.27. The summed E-state index contributed by atoms with van der Waals surface area (Å²) in [4.78, 5) is 27.9. The summed E-state index contributed by atoms with van der Waals surface area (Å²) in [6, 6.07) is 3.72. The van der Waals surface area contributed by atoms with E-state index in [1.54, 1.807) is 12.1 Å². The first kappa shape index (κ1) is 17.1. The molecule has 2 aliphatic rings. The first-order chi connectivity index (χ1) is 12.6. The molecule has 8 heteroatoms. The van der Waals surface area contributed by atoms with Crippen LogP contribution in [-0.2, 0) is 11.3 Å². The summed E-state index contributed by atoms with van der Waals surface area (Å²) in [6.07, 6.45) is 5.45. The largest absolute Gasteiger partial charge is 0.454 e. The van der Waals surface area contributed by atoms with Gasteiger partial charge in [0, 0.05) is 25.1 Å². The third-order valence-corrected chi connectivity index (χ3v) is 5.30. The second kappa shape index (κ2) is 7.11. The highest BCUT2D eigenvalue weighted by atomic mass is 32.1. The molecule has 0 atom stereocenters. The van der Waals surface area contributed by atoms with E-state index in [9.17, 15) is 9.59 Å². The van der Waals surface area contributed by atoms with Crippen molar-refractivity contribution in [1.82, 2.24) is 14.9 Å². The Hall–Kier alpha value is -2.35. The molecule has 2 heterocycles. The summed E-state index contributed by atoms with van der Waals surface area (Å²) in [5, 5.41) is 3.56. The number of ether oxygens (including phenoxy) is 2. The molecule has 1 fully saturated rings. The Morgan fingerprint density at radius 1 is 1.27 bits per heavy atom. The molecule has 2 N–H and O–H groups in total. The zero-order valence-electron chi connectivity index (χ0n) is 14.4. The SMILES string of the molecule is O=C(CCCn1c(=S)[nH]c2cc3c(cc2c1=O)OCO3)NC1CCCC1. The minimum absolute atomic E-state index is 0.0454. The lowest BCUT2D eigenvalue weighted by atomic mass is 10.2. The number of H-pyrrole nitrogens is 1. The third-order valence-electron chi connectivity index (χ3n) is 4.98. The highest BCUT2D eigenvalue weighted by Crippen LogP contribution is 2.34. The first-order valence-corrected chi connectivity index (χ1v) is 9.38. The van der Waals surface area contributed by atoms with Crippen LogP contribution in [0.25, 0.3) is 10.9 Å². The number of hydrogen-bond donors (Lipinski definition) is 2. The Morgan fingerprint density at radius 3 is 2.77 bits per heavy atom. The summed E-state index contributed by atoms with van der Waals surface area (Å²) in [6.45, 7) is 0.549. The molecule has 2 aromatic rings. The maximum absolute atomic E-state index is 12.8. The summed E-state index contributed by atoms with van der Waals surface area (Å²) in [5.74, 6) is 1.20. The Labute approximate surface area is 155 Å². The van der Waals surface area contributed by atoms with Crippen molar-refractivity contribution in [1.29, 1.82) is 0 Å². The number of hydrogen-bond acceptors (Lipinski definition) is 5. The molecule has 4 rings (SSSR count). The van der Waals surface area contributed by atoms with Gasteiger partial charge in [-0.15, -0.1) is 0 Å². The molecule has 0 radical (unpaired) electrons. The van der Waals surface area contributed by atoms with Crippen LogP contribution < -0.4 is 20.3 Å². The van der Waals surface area contributed by atoms with E-state index in [-0.39, 0.29) is 18.3 Å². The number of nitrogens with zero attached hydrogens (tertiary/aromatic N) is 1. The van der Waals surface area contributed by atoms with E-state index in [1.807, 2.05) is 0 Å². The van der Waals surface area contributed by atoms with Crippen molar-refractivity contribution in [2.24, 2.45) is 0 Å². The van der Waals surface area contributed by atoms with Crippen molar-refractivity contribution < 1.29 is 14.3 Å². The van der Waals surface area contributed by atoms with Crippen molar-refractivity contribution in [2.45, 2.75) is 51.1 Å². The zero-order chi connectivity index (χ0) is 18.1. The van der Waals surface area contributed by atoms with Crippen LogP contribution in [-0.4, -0.2) is 28.3 Å². The fourth-order valence-electron chi connectivity index (χ4n) is 3.61. The Balaban J connectivity index is 1.48. The number of carbonyl (C=O) groups excluding carboxylic acids is 1. The molecule has 1 aromatic heterocycles. The van der Waals surface area contributed by atoms with Crippen molar-refractivity contribution >= 4 is 29.0 Å². The lowest BCUT2D eigenvalue weighted by Gasteiger charge is -2.12. The molecule has 1 aromatic carbocycles. The van der Waals surface area contributed by atoms with E-state index in [0.29, 0.717) is 52.6 Å². The predicted molar refractivity (Wildman–Crippen MR) is 99.1 cm³/mol. The normalized spacial score (nSPS) is 16.3. The van der Waals surface area contributed by atoms with E-state index in [2.05, 4.69) is 10.3 Å². The zero-order valence-corrected chi connectivity index (χ0v) is 15.2. The first-order valence-electron chi connectivity index (χ1n) is 8.97. The molecule has 0 saturated heterocycles. The number of carbonyl (C=O) groups is 1. The predicted octanol–water partition coefficient (Wildman–Crippen LogP) is 2.63. The molecule has 1 aliphatic carbocycles. The van der Waals surface area contributed by atoms with Crippen LogP contribution in [0, 0.1) is 4.77 Å². The Bertz CT molecular complexity index is 959. The summed E-state index contributed by atoms with van der Waals surface area (Å²) >= 11 is 5.32. The number of amides is 1. The van der Waals surface area contributed by atoms with Gasteiger partial charge >= 0.3 is 0 Å². The van der Waals surface area contributed by atoms with Crippen LogP contribution in [0.2, 0.25) is 0 Å². The summed E-state index contributed by atoms with van der Waals surface area (Å²) < 4.78 is 12.5. The third kappa shape index (κ3) is 3.33. The monoisotopic (exact) mass is 375 g/mol. The van der Waals surface area contributed by atoms with Crippen LogP contribution in [0.1, 0.15) is 38.5 Å². The van der Waals surface area contributed by atoms with Crippen molar-refractivity contribution in [2.75, 3.05) is 6.79 Å². The molecule has 7 nitrogen and oxygen atoms in total.